The number of benzene rings is 1. The van der Waals surface area contributed by atoms with Crippen LogP contribution in [0.15, 0.2) is 40.8 Å². The zero-order valence-electron chi connectivity index (χ0n) is 13.2. The number of hydrogen-bond acceptors (Lipinski definition) is 3. The molecule has 0 saturated carbocycles. The van der Waals surface area contributed by atoms with Crippen molar-refractivity contribution in [2.24, 2.45) is 0 Å². The van der Waals surface area contributed by atoms with Gasteiger partial charge in [0.15, 0.2) is 0 Å². The molecule has 1 aliphatic heterocycles. The topological polar surface area (TPSA) is 45.5 Å². The van der Waals surface area contributed by atoms with E-state index in [4.69, 9.17) is 4.42 Å². The normalized spacial score (nSPS) is 18.2. The number of rotatable bonds is 4. The van der Waals surface area contributed by atoms with Gasteiger partial charge in [0.2, 0.25) is 5.91 Å². The molecule has 2 aromatic rings. The number of furan rings is 1. The first kappa shape index (κ1) is 15.7. The minimum atomic E-state index is -0.306. The van der Waals surface area contributed by atoms with Crippen molar-refractivity contribution >= 4 is 5.91 Å². The van der Waals surface area contributed by atoms with Crippen LogP contribution in [-0.2, 0) is 11.2 Å². The summed E-state index contributed by atoms with van der Waals surface area (Å²) >= 11 is 0. The van der Waals surface area contributed by atoms with Crippen molar-refractivity contribution < 1.29 is 13.6 Å². The van der Waals surface area contributed by atoms with E-state index in [1.54, 1.807) is 24.3 Å². The summed E-state index contributed by atoms with van der Waals surface area (Å²) in [6.07, 6.45) is 0.943. The summed E-state index contributed by atoms with van der Waals surface area (Å²) in [6.45, 7) is 4.48. The lowest BCUT2D eigenvalue weighted by molar-refractivity contribution is -0.133. The van der Waals surface area contributed by atoms with Crippen LogP contribution in [0.1, 0.15) is 19.1 Å². The molecule has 1 fully saturated rings. The van der Waals surface area contributed by atoms with E-state index in [2.05, 4.69) is 5.32 Å². The Bertz CT molecular complexity index is 683. The van der Waals surface area contributed by atoms with Crippen LogP contribution >= 0.6 is 0 Å². The van der Waals surface area contributed by atoms with Crippen LogP contribution < -0.4 is 5.32 Å². The lowest BCUT2D eigenvalue weighted by Crippen LogP contribution is -2.52. The smallest absolute Gasteiger partial charge is 0.223 e. The first-order valence-corrected chi connectivity index (χ1v) is 7.99. The van der Waals surface area contributed by atoms with Crippen LogP contribution in [-0.4, -0.2) is 36.5 Å². The molecule has 0 radical (unpaired) electrons. The Morgan fingerprint density at radius 2 is 2.17 bits per heavy atom. The number of nitrogens with one attached hydrogen (secondary N) is 1. The molecule has 0 unspecified atom stereocenters. The number of nitrogens with zero attached hydrogens (tertiary/aromatic N) is 1. The molecule has 1 aromatic carbocycles. The van der Waals surface area contributed by atoms with Gasteiger partial charge in [0.05, 0.1) is 5.56 Å². The molecule has 0 bridgehead atoms. The molecule has 5 heteroatoms. The van der Waals surface area contributed by atoms with Gasteiger partial charge in [0.25, 0.3) is 0 Å². The van der Waals surface area contributed by atoms with Gasteiger partial charge in [-0.3, -0.25) is 4.79 Å². The van der Waals surface area contributed by atoms with Crippen LogP contribution in [0.3, 0.4) is 0 Å². The third-order valence-corrected chi connectivity index (χ3v) is 4.21. The molecule has 2 heterocycles. The predicted molar refractivity (Wildman–Crippen MR) is 86.5 cm³/mol. The molecule has 122 valence electrons. The number of carbonyl (C=O) groups excluding carboxylic acids is 1. The second-order valence-electron chi connectivity index (χ2n) is 5.89. The molecule has 0 spiro atoms. The average molecular weight is 316 g/mol. The molecule has 3 rings (SSSR count). The summed E-state index contributed by atoms with van der Waals surface area (Å²) in [5.74, 6) is 1.04. The van der Waals surface area contributed by atoms with Gasteiger partial charge in [-0.1, -0.05) is 12.1 Å². The van der Waals surface area contributed by atoms with Crippen molar-refractivity contribution in [2.45, 2.75) is 25.8 Å². The molecule has 23 heavy (non-hydrogen) atoms. The fourth-order valence-electron chi connectivity index (χ4n) is 2.90. The molecule has 1 N–H and O–H groups in total. The van der Waals surface area contributed by atoms with E-state index in [0.717, 1.165) is 19.6 Å². The van der Waals surface area contributed by atoms with E-state index in [1.165, 1.54) is 6.07 Å². The maximum atomic E-state index is 13.8. The maximum Gasteiger partial charge on any atom is 0.223 e. The Kier molecular flexibility index (Phi) is 4.76. The summed E-state index contributed by atoms with van der Waals surface area (Å²) < 4.78 is 19.4. The molecule has 1 aliphatic rings. The Morgan fingerprint density at radius 1 is 1.35 bits per heavy atom. The highest BCUT2D eigenvalue weighted by Crippen LogP contribution is 2.25. The van der Waals surface area contributed by atoms with Gasteiger partial charge in [-0.2, -0.15) is 0 Å². The van der Waals surface area contributed by atoms with Crippen molar-refractivity contribution in [3.8, 4) is 11.3 Å². The van der Waals surface area contributed by atoms with Crippen LogP contribution in [0.2, 0.25) is 0 Å². The summed E-state index contributed by atoms with van der Waals surface area (Å²) in [6, 6.07) is 10.3. The molecule has 0 aliphatic carbocycles. The minimum Gasteiger partial charge on any atom is -0.461 e. The first-order chi connectivity index (χ1) is 11.1. The molecule has 1 atom stereocenters. The zero-order chi connectivity index (χ0) is 16.2. The quantitative estimate of drug-likeness (QED) is 0.943. The van der Waals surface area contributed by atoms with E-state index < -0.39 is 0 Å². The third-order valence-electron chi connectivity index (χ3n) is 4.21. The Morgan fingerprint density at radius 3 is 2.96 bits per heavy atom. The second kappa shape index (κ2) is 6.96. The molecule has 1 saturated heterocycles. The van der Waals surface area contributed by atoms with Crippen LogP contribution in [0, 0.1) is 5.82 Å². The van der Waals surface area contributed by atoms with E-state index in [9.17, 15) is 9.18 Å². The van der Waals surface area contributed by atoms with Crippen molar-refractivity contribution in [3.63, 3.8) is 0 Å². The van der Waals surface area contributed by atoms with Crippen LogP contribution in [0.5, 0.6) is 0 Å². The van der Waals surface area contributed by atoms with E-state index in [0.29, 0.717) is 29.9 Å². The highest BCUT2D eigenvalue weighted by molar-refractivity contribution is 5.77. The SMILES string of the molecule is C[C@H]1CNCCN1C(=O)CCc1ccc(-c2ccccc2F)o1. The van der Waals surface area contributed by atoms with E-state index >= 15 is 0 Å². The number of aryl methyl sites for hydroxylation is 1. The largest absolute Gasteiger partial charge is 0.461 e. The number of halogens is 1. The molecular weight excluding hydrogens is 295 g/mol. The van der Waals surface area contributed by atoms with Crippen LogP contribution in [0.25, 0.3) is 11.3 Å². The van der Waals surface area contributed by atoms with Crippen molar-refractivity contribution in [2.75, 3.05) is 19.6 Å². The van der Waals surface area contributed by atoms with Gasteiger partial charge in [0.1, 0.15) is 17.3 Å². The monoisotopic (exact) mass is 316 g/mol. The van der Waals surface area contributed by atoms with Crippen molar-refractivity contribution in [3.05, 3.63) is 48.0 Å². The van der Waals surface area contributed by atoms with Gasteiger partial charge < -0.3 is 14.6 Å². The standard InChI is InChI=1S/C18H21FN2O2/c1-13-12-20-10-11-21(13)18(22)9-7-14-6-8-17(23-14)15-4-2-3-5-16(15)19/h2-6,8,13,20H,7,9-12H2,1H3/t13-/m0/s1. The molecular formula is C18H21FN2O2. The van der Waals surface area contributed by atoms with Gasteiger partial charge in [-0.25, -0.2) is 4.39 Å². The second-order valence-corrected chi connectivity index (χ2v) is 5.89. The third kappa shape index (κ3) is 3.62. The Balaban J connectivity index is 1.61. The zero-order valence-corrected chi connectivity index (χ0v) is 13.2. The van der Waals surface area contributed by atoms with Gasteiger partial charge in [-0.15, -0.1) is 0 Å². The van der Waals surface area contributed by atoms with Gasteiger partial charge in [0, 0.05) is 38.5 Å². The van der Waals surface area contributed by atoms with E-state index in [-0.39, 0.29) is 17.8 Å². The summed E-state index contributed by atoms with van der Waals surface area (Å²) in [5.41, 5.74) is 0.445. The fraction of sp³-hybridized carbons (Fsp3) is 0.389. The maximum absolute atomic E-state index is 13.8. The van der Waals surface area contributed by atoms with E-state index in [1.807, 2.05) is 17.9 Å². The average Bonchev–Trinajstić information content (AvgIpc) is 3.02. The Labute approximate surface area is 135 Å². The number of piperazine rings is 1. The van der Waals surface area contributed by atoms with Gasteiger partial charge in [-0.05, 0) is 31.2 Å². The predicted octanol–water partition coefficient (Wildman–Crippen LogP) is 2.84. The van der Waals surface area contributed by atoms with Crippen molar-refractivity contribution in [1.29, 1.82) is 0 Å². The molecule has 1 aromatic heterocycles. The highest BCUT2D eigenvalue weighted by Gasteiger charge is 2.22. The lowest BCUT2D eigenvalue weighted by atomic mass is 10.1. The number of hydrogen-bond donors (Lipinski definition) is 1. The summed E-state index contributed by atoms with van der Waals surface area (Å²) in [7, 11) is 0. The van der Waals surface area contributed by atoms with Crippen LogP contribution in [0.4, 0.5) is 4.39 Å². The lowest BCUT2D eigenvalue weighted by Gasteiger charge is -2.34. The molecule has 4 nitrogen and oxygen atoms in total. The molecule has 1 amide bonds. The highest BCUT2D eigenvalue weighted by atomic mass is 19.1. The fourth-order valence-corrected chi connectivity index (χ4v) is 2.90. The first-order valence-electron chi connectivity index (χ1n) is 7.99. The Hall–Kier alpha value is -2.14. The minimum absolute atomic E-state index is 0.142. The number of carbonyl (C=O) groups is 1. The van der Waals surface area contributed by atoms with Crippen molar-refractivity contribution in [1.82, 2.24) is 10.2 Å². The summed E-state index contributed by atoms with van der Waals surface area (Å²) in [4.78, 5) is 14.2. The summed E-state index contributed by atoms with van der Waals surface area (Å²) in [5, 5.41) is 3.27. The number of amides is 1. The van der Waals surface area contributed by atoms with Gasteiger partial charge >= 0.3 is 0 Å².